The van der Waals surface area contributed by atoms with Gasteiger partial charge >= 0.3 is 5.97 Å². The van der Waals surface area contributed by atoms with Crippen molar-refractivity contribution < 1.29 is 9.90 Å². The van der Waals surface area contributed by atoms with Crippen molar-refractivity contribution in [2.45, 2.75) is 32.7 Å². The Morgan fingerprint density at radius 1 is 1.33 bits per heavy atom. The van der Waals surface area contributed by atoms with Gasteiger partial charge < -0.3 is 10.8 Å². The zero-order valence-corrected chi connectivity index (χ0v) is 11.5. The van der Waals surface area contributed by atoms with Gasteiger partial charge in [-0.2, -0.15) is 0 Å². The van der Waals surface area contributed by atoms with Gasteiger partial charge in [0.25, 0.3) is 0 Å². The Kier molecular flexibility index (Phi) is 5.63. The number of benzene rings is 1. The van der Waals surface area contributed by atoms with E-state index in [9.17, 15) is 4.79 Å². The van der Waals surface area contributed by atoms with E-state index in [-0.39, 0.29) is 6.04 Å². The van der Waals surface area contributed by atoms with Crippen LogP contribution >= 0.6 is 11.6 Å². The van der Waals surface area contributed by atoms with Gasteiger partial charge in [0.05, 0.1) is 5.92 Å². The van der Waals surface area contributed by atoms with Crippen LogP contribution in [0, 0.1) is 11.8 Å². The predicted molar refractivity (Wildman–Crippen MR) is 73.7 cm³/mol. The van der Waals surface area contributed by atoms with E-state index in [0.29, 0.717) is 12.3 Å². The van der Waals surface area contributed by atoms with Gasteiger partial charge in [-0.1, -0.05) is 37.6 Å². The summed E-state index contributed by atoms with van der Waals surface area (Å²) in [6.45, 7) is 3.74. The molecule has 1 aromatic rings. The summed E-state index contributed by atoms with van der Waals surface area (Å²) in [5, 5.41) is 9.62. The third-order valence-electron chi connectivity index (χ3n) is 3.20. The van der Waals surface area contributed by atoms with Gasteiger partial charge in [0, 0.05) is 11.1 Å². The second kappa shape index (κ2) is 6.76. The van der Waals surface area contributed by atoms with E-state index in [1.165, 1.54) is 5.56 Å². The Morgan fingerprint density at radius 3 is 2.39 bits per heavy atom. The highest BCUT2D eigenvalue weighted by Crippen LogP contribution is 2.18. The first kappa shape index (κ1) is 15.0. The summed E-state index contributed by atoms with van der Waals surface area (Å²) < 4.78 is 0. The molecule has 100 valence electrons. The number of rotatable bonds is 6. The Bertz CT molecular complexity index is 391. The summed E-state index contributed by atoms with van der Waals surface area (Å²) >= 11 is 5.82. The van der Waals surface area contributed by atoms with Crippen LogP contribution in [-0.4, -0.2) is 17.1 Å². The van der Waals surface area contributed by atoms with Crippen molar-refractivity contribution in [1.29, 1.82) is 0 Å². The summed E-state index contributed by atoms with van der Waals surface area (Å²) in [6.07, 6.45) is 1.59. The van der Waals surface area contributed by atoms with E-state index in [0.717, 1.165) is 11.4 Å². The SMILES string of the molecule is CC(C(=O)O)[C@@H](N)C[C@@H](C)Cc1ccc(Cl)cc1. The van der Waals surface area contributed by atoms with Crippen molar-refractivity contribution in [3.63, 3.8) is 0 Å². The number of carboxylic acids is 1. The van der Waals surface area contributed by atoms with E-state index in [2.05, 4.69) is 6.92 Å². The molecule has 0 aliphatic heterocycles. The van der Waals surface area contributed by atoms with Gasteiger partial charge in [0.15, 0.2) is 0 Å². The molecule has 1 unspecified atom stereocenters. The van der Waals surface area contributed by atoms with Crippen molar-refractivity contribution in [2.75, 3.05) is 0 Å². The summed E-state index contributed by atoms with van der Waals surface area (Å²) in [7, 11) is 0. The van der Waals surface area contributed by atoms with Crippen LogP contribution in [0.5, 0.6) is 0 Å². The average molecular weight is 270 g/mol. The van der Waals surface area contributed by atoms with Gasteiger partial charge in [0.1, 0.15) is 0 Å². The minimum atomic E-state index is -0.832. The van der Waals surface area contributed by atoms with Crippen LogP contribution in [0.3, 0.4) is 0 Å². The number of carbonyl (C=O) groups is 1. The summed E-state index contributed by atoms with van der Waals surface area (Å²) in [5.74, 6) is -0.984. The molecule has 1 rings (SSSR count). The standard InChI is InChI=1S/C14H20ClNO2/c1-9(8-13(16)10(2)14(17)18)7-11-3-5-12(15)6-4-11/h3-6,9-10,13H,7-8,16H2,1-2H3,(H,17,18)/t9-,10?,13-/m0/s1. The van der Waals surface area contributed by atoms with Crippen LogP contribution in [0.4, 0.5) is 0 Å². The Hall–Kier alpha value is -1.06. The number of halogens is 1. The molecule has 0 aliphatic rings. The highest BCUT2D eigenvalue weighted by molar-refractivity contribution is 6.30. The lowest BCUT2D eigenvalue weighted by atomic mass is 9.89. The fourth-order valence-electron chi connectivity index (χ4n) is 1.96. The minimum Gasteiger partial charge on any atom is -0.481 e. The molecule has 0 bridgehead atoms. The van der Waals surface area contributed by atoms with Gasteiger partial charge in [0.2, 0.25) is 0 Å². The number of hydrogen-bond donors (Lipinski definition) is 2. The van der Waals surface area contributed by atoms with E-state index < -0.39 is 11.9 Å². The van der Waals surface area contributed by atoms with Crippen LogP contribution in [0.15, 0.2) is 24.3 Å². The second-order valence-electron chi connectivity index (χ2n) is 4.96. The van der Waals surface area contributed by atoms with Crippen LogP contribution in [-0.2, 0) is 11.2 Å². The van der Waals surface area contributed by atoms with Gasteiger partial charge in [-0.3, -0.25) is 4.79 Å². The zero-order valence-electron chi connectivity index (χ0n) is 10.8. The largest absolute Gasteiger partial charge is 0.481 e. The molecule has 0 spiro atoms. The second-order valence-corrected chi connectivity index (χ2v) is 5.40. The molecule has 0 heterocycles. The number of nitrogens with two attached hydrogens (primary N) is 1. The number of carboxylic acid groups (broad SMARTS) is 1. The van der Waals surface area contributed by atoms with Crippen molar-refractivity contribution >= 4 is 17.6 Å². The van der Waals surface area contributed by atoms with Crippen molar-refractivity contribution in [2.24, 2.45) is 17.6 Å². The topological polar surface area (TPSA) is 63.3 Å². The maximum absolute atomic E-state index is 10.8. The first-order chi connectivity index (χ1) is 8.40. The van der Waals surface area contributed by atoms with E-state index in [1.54, 1.807) is 6.92 Å². The summed E-state index contributed by atoms with van der Waals surface area (Å²) in [6, 6.07) is 7.41. The molecule has 0 amide bonds. The van der Waals surface area contributed by atoms with Gasteiger partial charge in [-0.05, 0) is 36.5 Å². The van der Waals surface area contributed by atoms with Crippen LogP contribution < -0.4 is 5.73 Å². The lowest BCUT2D eigenvalue weighted by Crippen LogP contribution is -2.35. The molecule has 18 heavy (non-hydrogen) atoms. The first-order valence-corrected chi connectivity index (χ1v) is 6.50. The third-order valence-corrected chi connectivity index (χ3v) is 3.46. The van der Waals surface area contributed by atoms with Gasteiger partial charge in [-0.25, -0.2) is 0 Å². The molecule has 3 N–H and O–H groups in total. The first-order valence-electron chi connectivity index (χ1n) is 6.13. The van der Waals surface area contributed by atoms with E-state index in [1.807, 2.05) is 24.3 Å². The smallest absolute Gasteiger partial charge is 0.307 e. The Morgan fingerprint density at radius 2 is 1.89 bits per heavy atom. The molecular formula is C14H20ClNO2. The van der Waals surface area contributed by atoms with Gasteiger partial charge in [-0.15, -0.1) is 0 Å². The molecule has 0 fully saturated rings. The molecule has 0 saturated carbocycles. The van der Waals surface area contributed by atoms with Crippen molar-refractivity contribution in [3.05, 3.63) is 34.9 Å². The lowest BCUT2D eigenvalue weighted by molar-refractivity contribution is -0.141. The molecule has 0 saturated heterocycles. The highest BCUT2D eigenvalue weighted by atomic mass is 35.5. The summed E-state index contributed by atoms with van der Waals surface area (Å²) in [4.78, 5) is 10.8. The van der Waals surface area contributed by atoms with Crippen LogP contribution in [0.25, 0.3) is 0 Å². The molecule has 1 aromatic carbocycles. The quantitative estimate of drug-likeness (QED) is 0.835. The fourth-order valence-corrected chi connectivity index (χ4v) is 2.08. The molecule has 0 aromatic heterocycles. The zero-order chi connectivity index (χ0) is 13.7. The molecule has 3 atom stereocenters. The Labute approximate surface area is 113 Å². The molecule has 0 aliphatic carbocycles. The molecule has 3 nitrogen and oxygen atoms in total. The van der Waals surface area contributed by atoms with Crippen molar-refractivity contribution in [3.8, 4) is 0 Å². The maximum Gasteiger partial charge on any atom is 0.307 e. The number of hydrogen-bond acceptors (Lipinski definition) is 2. The van der Waals surface area contributed by atoms with E-state index >= 15 is 0 Å². The van der Waals surface area contributed by atoms with E-state index in [4.69, 9.17) is 22.4 Å². The minimum absolute atomic E-state index is 0.301. The molecular weight excluding hydrogens is 250 g/mol. The predicted octanol–water partition coefficient (Wildman–Crippen LogP) is 2.96. The average Bonchev–Trinajstić information content (AvgIpc) is 2.30. The van der Waals surface area contributed by atoms with Crippen molar-refractivity contribution in [1.82, 2.24) is 0 Å². The lowest BCUT2D eigenvalue weighted by Gasteiger charge is -2.20. The fraction of sp³-hybridized carbons (Fsp3) is 0.500. The Balaban J connectivity index is 2.48. The molecule has 4 heteroatoms. The third kappa shape index (κ3) is 4.67. The normalized spacial score (nSPS) is 16.0. The maximum atomic E-state index is 10.8. The monoisotopic (exact) mass is 269 g/mol. The summed E-state index contributed by atoms with van der Waals surface area (Å²) in [5.41, 5.74) is 7.09. The van der Waals surface area contributed by atoms with Crippen LogP contribution in [0.1, 0.15) is 25.8 Å². The number of aliphatic carboxylic acids is 1. The van der Waals surface area contributed by atoms with Crippen LogP contribution in [0.2, 0.25) is 5.02 Å². The highest BCUT2D eigenvalue weighted by Gasteiger charge is 2.21. The molecule has 0 radical (unpaired) electrons.